The van der Waals surface area contributed by atoms with Gasteiger partial charge in [0, 0.05) is 24.6 Å². The average molecular weight is 384 g/mol. The van der Waals surface area contributed by atoms with Crippen molar-refractivity contribution in [2.45, 2.75) is 37.6 Å². The molecule has 2 rings (SSSR count). The maximum Gasteiger partial charge on any atom is 0.326 e. The van der Waals surface area contributed by atoms with E-state index in [2.05, 4.69) is 10.0 Å². The highest BCUT2D eigenvalue weighted by Gasteiger charge is 2.32. The number of aryl methyl sites for hydroxylation is 1. The number of carbonyl (C=O) groups is 2. The molecule has 0 saturated carbocycles. The largest absolute Gasteiger partial charge is 0.480 e. The molecule has 26 heavy (non-hydrogen) atoms. The van der Waals surface area contributed by atoms with Crippen molar-refractivity contribution in [3.8, 4) is 0 Å². The molecule has 2 unspecified atom stereocenters. The predicted molar refractivity (Wildman–Crippen MR) is 94.5 cm³/mol. The van der Waals surface area contributed by atoms with Gasteiger partial charge in [-0.25, -0.2) is 17.9 Å². The van der Waals surface area contributed by atoms with Crippen LogP contribution in [0.15, 0.2) is 23.1 Å². The van der Waals surface area contributed by atoms with Crippen molar-refractivity contribution in [2.75, 3.05) is 19.8 Å². The molecular weight excluding hydrogens is 360 g/mol. The minimum Gasteiger partial charge on any atom is -0.480 e. The van der Waals surface area contributed by atoms with Gasteiger partial charge in [-0.2, -0.15) is 0 Å². The monoisotopic (exact) mass is 384 g/mol. The normalized spacial score (nSPS) is 18.9. The van der Waals surface area contributed by atoms with Crippen molar-refractivity contribution in [1.29, 1.82) is 0 Å². The number of carboxylic acid groups (broad SMARTS) is 1. The van der Waals surface area contributed by atoms with E-state index in [0.29, 0.717) is 18.6 Å². The van der Waals surface area contributed by atoms with Gasteiger partial charge in [-0.3, -0.25) is 4.79 Å². The fourth-order valence-corrected chi connectivity index (χ4v) is 3.98. The first-order valence-electron chi connectivity index (χ1n) is 8.48. The Kier molecular flexibility index (Phi) is 6.74. The molecule has 144 valence electrons. The van der Waals surface area contributed by atoms with Crippen LogP contribution in [0.4, 0.5) is 0 Å². The number of benzene rings is 1. The number of hydrogen-bond acceptors (Lipinski definition) is 5. The van der Waals surface area contributed by atoms with E-state index in [0.717, 1.165) is 6.42 Å². The topological polar surface area (TPSA) is 122 Å². The third-order valence-electron chi connectivity index (χ3n) is 4.32. The van der Waals surface area contributed by atoms with Crippen molar-refractivity contribution in [3.05, 3.63) is 29.3 Å². The van der Waals surface area contributed by atoms with Crippen molar-refractivity contribution >= 4 is 21.9 Å². The third kappa shape index (κ3) is 4.80. The van der Waals surface area contributed by atoms with Gasteiger partial charge in [-0.1, -0.05) is 13.0 Å². The average Bonchev–Trinajstić information content (AvgIpc) is 2.60. The van der Waals surface area contributed by atoms with Gasteiger partial charge in [0.05, 0.1) is 11.5 Å². The highest BCUT2D eigenvalue weighted by molar-refractivity contribution is 7.89. The second-order valence-electron chi connectivity index (χ2n) is 6.24. The van der Waals surface area contributed by atoms with Gasteiger partial charge in [0.15, 0.2) is 0 Å². The van der Waals surface area contributed by atoms with Crippen LogP contribution in [0.5, 0.6) is 0 Å². The summed E-state index contributed by atoms with van der Waals surface area (Å²) in [5, 5.41) is 12.0. The third-order valence-corrected chi connectivity index (χ3v) is 5.86. The standard InChI is InChI=1S/C17H24N2O6S/c1-3-18-26(23,24)13-7-6-11(2)14(9-13)16(20)19-15(17(21)22)12-5-4-8-25-10-12/h6-7,9,12,15,18H,3-5,8,10H2,1-2H3,(H,19,20)(H,21,22). The summed E-state index contributed by atoms with van der Waals surface area (Å²) in [6.45, 7) is 4.40. The molecule has 1 heterocycles. The van der Waals surface area contributed by atoms with Crippen LogP contribution >= 0.6 is 0 Å². The Balaban J connectivity index is 2.26. The van der Waals surface area contributed by atoms with Gasteiger partial charge in [0.1, 0.15) is 6.04 Å². The summed E-state index contributed by atoms with van der Waals surface area (Å²) < 4.78 is 32.0. The highest BCUT2D eigenvalue weighted by atomic mass is 32.2. The quantitative estimate of drug-likeness (QED) is 0.642. The van der Waals surface area contributed by atoms with Crippen LogP contribution in [0.1, 0.15) is 35.7 Å². The SMILES string of the molecule is CCNS(=O)(=O)c1ccc(C)c(C(=O)NC(C(=O)O)C2CCCOC2)c1. The molecule has 1 aromatic rings. The van der Waals surface area contributed by atoms with E-state index in [4.69, 9.17) is 4.74 Å². The maximum atomic E-state index is 12.6. The first-order chi connectivity index (χ1) is 12.3. The number of carbonyl (C=O) groups excluding carboxylic acids is 1. The van der Waals surface area contributed by atoms with E-state index in [-0.39, 0.29) is 29.5 Å². The van der Waals surface area contributed by atoms with Crippen molar-refractivity contribution in [2.24, 2.45) is 5.92 Å². The van der Waals surface area contributed by atoms with Crippen LogP contribution in [0.2, 0.25) is 0 Å². The second-order valence-corrected chi connectivity index (χ2v) is 8.01. The van der Waals surface area contributed by atoms with Crippen molar-refractivity contribution in [3.63, 3.8) is 0 Å². The molecule has 1 aliphatic rings. The Labute approximate surface area is 153 Å². The molecule has 1 amide bonds. The molecule has 3 N–H and O–H groups in total. The van der Waals surface area contributed by atoms with Gasteiger partial charge >= 0.3 is 5.97 Å². The Bertz CT molecular complexity index is 771. The molecule has 0 spiro atoms. The number of sulfonamides is 1. The minimum atomic E-state index is -3.71. The number of amides is 1. The zero-order valence-electron chi connectivity index (χ0n) is 14.8. The first kappa shape index (κ1) is 20.3. The number of nitrogens with one attached hydrogen (secondary N) is 2. The number of hydrogen-bond donors (Lipinski definition) is 3. The lowest BCUT2D eigenvalue weighted by Gasteiger charge is -2.28. The molecule has 1 aromatic carbocycles. The molecule has 0 aromatic heterocycles. The lowest BCUT2D eigenvalue weighted by Crippen LogP contribution is -2.48. The molecular formula is C17H24N2O6S. The van der Waals surface area contributed by atoms with Crippen molar-refractivity contribution in [1.82, 2.24) is 10.0 Å². The Morgan fingerprint density at radius 2 is 2.12 bits per heavy atom. The summed E-state index contributed by atoms with van der Waals surface area (Å²) in [5.74, 6) is -2.07. The Hall–Kier alpha value is -1.97. The molecule has 2 atom stereocenters. The van der Waals surface area contributed by atoms with E-state index in [1.54, 1.807) is 13.8 Å². The summed E-state index contributed by atoms with van der Waals surface area (Å²) in [5.41, 5.74) is 0.689. The predicted octanol–water partition coefficient (Wildman–Crippen LogP) is 0.903. The molecule has 1 aliphatic heterocycles. The molecule has 1 fully saturated rings. The fraction of sp³-hybridized carbons (Fsp3) is 0.529. The highest BCUT2D eigenvalue weighted by Crippen LogP contribution is 2.20. The molecule has 1 saturated heterocycles. The smallest absolute Gasteiger partial charge is 0.326 e. The van der Waals surface area contributed by atoms with Crippen LogP contribution in [-0.4, -0.2) is 51.2 Å². The van der Waals surface area contributed by atoms with E-state index in [1.807, 2.05) is 0 Å². The van der Waals surface area contributed by atoms with Gasteiger partial charge in [-0.05, 0) is 37.5 Å². The zero-order chi connectivity index (χ0) is 19.3. The van der Waals surface area contributed by atoms with Gasteiger partial charge in [-0.15, -0.1) is 0 Å². The van der Waals surface area contributed by atoms with Gasteiger partial charge in [0.25, 0.3) is 5.91 Å². The molecule has 0 aliphatic carbocycles. The van der Waals surface area contributed by atoms with Gasteiger partial charge in [0.2, 0.25) is 10.0 Å². The van der Waals surface area contributed by atoms with E-state index in [9.17, 15) is 23.1 Å². The van der Waals surface area contributed by atoms with Crippen molar-refractivity contribution < 1.29 is 27.9 Å². The second kappa shape index (κ2) is 8.61. The van der Waals surface area contributed by atoms with E-state index < -0.39 is 27.9 Å². The van der Waals surface area contributed by atoms with Crippen LogP contribution in [-0.2, 0) is 19.6 Å². The number of carboxylic acids is 1. The first-order valence-corrected chi connectivity index (χ1v) is 9.96. The van der Waals surface area contributed by atoms with Crippen LogP contribution in [0, 0.1) is 12.8 Å². The number of rotatable bonds is 7. The Morgan fingerprint density at radius 3 is 2.69 bits per heavy atom. The lowest BCUT2D eigenvalue weighted by atomic mass is 9.93. The lowest BCUT2D eigenvalue weighted by molar-refractivity contribution is -0.142. The molecule has 0 radical (unpaired) electrons. The summed E-state index contributed by atoms with van der Waals surface area (Å²) >= 11 is 0. The van der Waals surface area contributed by atoms with E-state index >= 15 is 0 Å². The molecule has 8 nitrogen and oxygen atoms in total. The number of ether oxygens (including phenoxy) is 1. The van der Waals surface area contributed by atoms with Crippen LogP contribution < -0.4 is 10.0 Å². The van der Waals surface area contributed by atoms with Crippen LogP contribution in [0.3, 0.4) is 0 Å². The number of aliphatic carboxylic acids is 1. The summed E-state index contributed by atoms with van der Waals surface area (Å²) in [4.78, 5) is 24.2. The minimum absolute atomic E-state index is 0.0389. The van der Waals surface area contributed by atoms with Crippen LogP contribution in [0.25, 0.3) is 0 Å². The van der Waals surface area contributed by atoms with Gasteiger partial charge < -0.3 is 15.2 Å². The Morgan fingerprint density at radius 1 is 1.38 bits per heavy atom. The zero-order valence-corrected chi connectivity index (χ0v) is 15.6. The summed E-state index contributed by atoms with van der Waals surface area (Å²) in [7, 11) is -3.71. The maximum absolute atomic E-state index is 12.6. The van der Waals surface area contributed by atoms with E-state index in [1.165, 1.54) is 18.2 Å². The molecule has 9 heteroatoms. The summed E-state index contributed by atoms with van der Waals surface area (Å²) in [6, 6.07) is 3.11. The molecule has 0 bridgehead atoms. The summed E-state index contributed by atoms with van der Waals surface area (Å²) in [6.07, 6.45) is 1.38. The fourth-order valence-electron chi connectivity index (χ4n) is 2.91.